The first-order valence-corrected chi connectivity index (χ1v) is 9.95. The van der Waals surface area contributed by atoms with Crippen LogP contribution in [0.5, 0.6) is 0 Å². The maximum atomic E-state index is 12.8. The minimum atomic E-state index is 0.0118. The molecule has 0 radical (unpaired) electrons. The molecule has 1 fully saturated rings. The second-order valence-electron chi connectivity index (χ2n) is 7.28. The number of aromatic nitrogens is 4. The van der Waals surface area contributed by atoms with Gasteiger partial charge in [0.2, 0.25) is 0 Å². The maximum absolute atomic E-state index is 12.8. The first-order chi connectivity index (χ1) is 14.7. The molecule has 4 aromatic rings. The zero-order valence-corrected chi connectivity index (χ0v) is 16.6. The van der Waals surface area contributed by atoms with Gasteiger partial charge in [-0.05, 0) is 31.2 Å². The molecule has 0 aliphatic carbocycles. The van der Waals surface area contributed by atoms with E-state index >= 15 is 0 Å². The first kappa shape index (κ1) is 18.4. The van der Waals surface area contributed by atoms with Gasteiger partial charge in [0.25, 0.3) is 5.91 Å². The van der Waals surface area contributed by atoms with Crippen LogP contribution in [0.3, 0.4) is 0 Å². The number of carbonyl (C=O) groups is 1. The van der Waals surface area contributed by atoms with E-state index < -0.39 is 0 Å². The molecule has 1 aliphatic rings. The summed E-state index contributed by atoms with van der Waals surface area (Å²) in [5.74, 6) is 0.696. The zero-order valence-electron chi connectivity index (χ0n) is 16.6. The van der Waals surface area contributed by atoms with E-state index in [0.29, 0.717) is 49.1 Å². The summed E-state index contributed by atoms with van der Waals surface area (Å²) < 4.78 is 5.35. The average Bonchev–Trinajstić information content (AvgIpc) is 3.23. The average molecular weight is 399 g/mol. The van der Waals surface area contributed by atoms with Gasteiger partial charge in [-0.25, -0.2) is 9.97 Å². The lowest BCUT2D eigenvalue weighted by molar-refractivity contribution is 0.0303. The molecular weight excluding hydrogens is 378 g/mol. The molecule has 0 saturated carbocycles. The van der Waals surface area contributed by atoms with Gasteiger partial charge in [0.1, 0.15) is 5.69 Å². The van der Waals surface area contributed by atoms with Gasteiger partial charge in [-0.1, -0.05) is 24.3 Å². The number of carbonyl (C=O) groups excluding carboxylic acids is 1. The third kappa shape index (κ3) is 3.44. The van der Waals surface area contributed by atoms with Crippen LogP contribution in [0.25, 0.3) is 33.8 Å². The number of ether oxygens (including phenoxy) is 1. The van der Waals surface area contributed by atoms with E-state index in [1.807, 2.05) is 60.4 Å². The van der Waals surface area contributed by atoms with Crippen LogP contribution >= 0.6 is 0 Å². The van der Waals surface area contributed by atoms with E-state index in [-0.39, 0.29) is 5.91 Å². The topological polar surface area (TPSA) is 84.0 Å². The molecule has 3 heterocycles. The fourth-order valence-corrected chi connectivity index (χ4v) is 3.64. The summed E-state index contributed by atoms with van der Waals surface area (Å²) >= 11 is 0. The van der Waals surface area contributed by atoms with Crippen molar-refractivity contribution in [3.63, 3.8) is 0 Å². The highest BCUT2D eigenvalue weighted by Crippen LogP contribution is 2.25. The van der Waals surface area contributed by atoms with Gasteiger partial charge in [-0.15, -0.1) is 0 Å². The quantitative estimate of drug-likeness (QED) is 0.570. The molecule has 5 rings (SSSR count). The van der Waals surface area contributed by atoms with Gasteiger partial charge in [0, 0.05) is 24.2 Å². The summed E-state index contributed by atoms with van der Waals surface area (Å²) in [5, 5.41) is 0. The molecule has 2 aromatic carbocycles. The fourth-order valence-electron chi connectivity index (χ4n) is 3.64. The molecule has 1 aliphatic heterocycles. The van der Waals surface area contributed by atoms with Crippen LogP contribution in [-0.2, 0) is 4.74 Å². The molecule has 0 bridgehead atoms. The molecule has 7 nitrogen and oxygen atoms in total. The Morgan fingerprint density at radius 3 is 2.73 bits per heavy atom. The molecular formula is C23H21N5O2. The molecule has 30 heavy (non-hydrogen) atoms. The lowest BCUT2D eigenvalue weighted by Crippen LogP contribution is -2.40. The summed E-state index contributed by atoms with van der Waals surface area (Å²) in [6.07, 6.45) is 1.74. The molecule has 1 saturated heterocycles. The van der Waals surface area contributed by atoms with Crippen molar-refractivity contribution < 1.29 is 9.53 Å². The second kappa shape index (κ2) is 7.68. The highest BCUT2D eigenvalue weighted by atomic mass is 16.5. The Balaban J connectivity index is 1.50. The van der Waals surface area contributed by atoms with Gasteiger partial charge in [0.15, 0.2) is 5.82 Å². The van der Waals surface area contributed by atoms with Crippen LogP contribution in [0.1, 0.15) is 16.1 Å². The largest absolute Gasteiger partial charge is 0.378 e. The van der Waals surface area contributed by atoms with Crippen LogP contribution in [0.15, 0.2) is 54.7 Å². The standard InChI is InChI=1S/C23H21N5O2/c1-15-21(22-26-18-7-2-3-8-19(18)27-22)25-20(14-24-15)16-5-4-6-17(13-16)23(29)28-9-11-30-12-10-28/h2-8,13-14H,9-12H2,1H3,(H,26,27). The number of para-hydroxylation sites is 2. The Morgan fingerprint density at radius 1 is 1.07 bits per heavy atom. The normalized spacial score (nSPS) is 14.2. The van der Waals surface area contributed by atoms with Crippen molar-refractivity contribution in [1.82, 2.24) is 24.8 Å². The van der Waals surface area contributed by atoms with E-state index in [1.165, 1.54) is 0 Å². The number of aromatic amines is 1. The smallest absolute Gasteiger partial charge is 0.254 e. The highest BCUT2D eigenvalue weighted by Gasteiger charge is 2.19. The van der Waals surface area contributed by atoms with Gasteiger partial charge in [-0.2, -0.15) is 0 Å². The number of morpholine rings is 1. The monoisotopic (exact) mass is 399 g/mol. The molecule has 7 heteroatoms. The summed E-state index contributed by atoms with van der Waals surface area (Å²) in [5.41, 5.74) is 5.52. The van der Waals surface area contributed by atoms with E-state index in [4.69, 9.17) is 9.72 Å². The fraction of sp³-hybridized carbons (Fsp3) is 0.217. The van der Waals surface area contributed by atoms with Crippen molar-refractivity contribution in [2.75, 3.05) is 26.3 Å². The SMILES string of the molecule is Cc1ncc(-c2cccc(C(=O)N3CCOCC3)c2)nc1-c1nc2ccccc2[nH]1. The number of rotatable bonds is 3. The van der Waals surface area contributed by atoms with Gasteiger partial charge in [-0.3, -0.25) is 9.78 Å². The van der Waals surface area contributed by atoms with Gasteiger partial charge >= 0.3 is 0 Å². The summed E-state index contributed by atoms with van der Waals surface area (Å²) in [6, 6.07) is 15.4. The molecule has 2 aromatic heterocycles. The number of hydrogen-bond acceptors (Lipinski definition) is 5. The summed E-state index contributed by atoms with van der Waals surface area (Å²) in [6.45, 7) is 4.30. The number of fused-ring (bicyclic) bond motifs is 1. The third-order valence-electron chi connectivity index (χ3n) is 5.27. The predicted octanol–water partition coefficient (Wildman–Crippen LogP) is 3.47. The molecule has 0 spiro atoms. The van der Waals surface area contributed by atoms with Crippen LogP contribution in [-0.4, -0.2) is 57.0 Å². The number of amides is 1. The molecule has 150 valence electrons. The Bertz CT molecular complexity index is 1190. The van der Waals surface area contributed by atoms with E-state index in [9.17, 15) is 4.79 Å². The maximum Gasteiger partial charge on any atom is 0.254 e. The van der Waals surface area contributed by atoms with Crippen molar-refractivity contribution >= 4 is 16.9 Å². The number of imidazole rings is 1. The first-order valence-electron chi connectivity index (χ1n) is 9.95. The number of nitrogens with one attached hydrogen (secondary N) is 1. The van der Waals surface area contributed by atoms with Crippen LogP contribution in [0.2, 0.25) is 0 Å². The number of benzene rings is 2. The van der Waals surface area contributed by atoms with Crippen molar-refractivity contribution in [2.24, 2.45) is 0 Å². The number of aryl methyl sites for hydroxylation is 1. The highest BCUT2D eigenvalue weighted by molar-refractivity contribution is 5.95. The van der Waals surface area contributed by atoms with Crippen molar-refractivity contribution in [1.29, 1.82) is 0 Å². The minimum absolute atomic E-state index is 0.0118. The third-order valence-corrected chi connectivity index (χ3v) is 5.27. The Morgan fingerprint density at radius 2 is 1.90 bits per heavy atom. The second-order valence-corrected chi connectivity index (χ2v) is 7.28. The van der Waals surface area contributed by atoms with Crippen molar-refractivity contribution in [2.45, 2.75) is 6.92 Å². The molecule has 0 unspecified atom stereocenters. The van der Waals surface area contributed by atoms with Crippen LogP contribution in [0, 0.1) is 6.92 Å². The Hall–Kier alpha value is -3.58. The van der Waals surface area contributed by atoms with E-state index in [1.54, 1.807) is 6.20 Å². The van der Waals surface area contributed by atoms with E-state index in [2.05, 4.69) is 15.0 Å². The summed E-state index contributed by atoms with van der Waals surface area (Å²) in [7, 11) is 0. The summed E-state index contributed by atoms with van der Waals surface area (Å²) in [4.78, 5) is 32.0. The van der Waals surface area contributed by atoms with Crippen LogP contribution < -0.4 is 0 Å². The lowest BCUT2D eigenvalue weighted by atomic mass is 10.1. The predicted molar refractivity (Wildman–Crippen MR) is 114 cm³/mol. The minimum Gasteiger partial charge on any atom is -0.378 e. The number of hydrogen-bond donors (Lipinski definition) is 1. The Kier molecular flexibility index (Phi) is 4.72. The van der Waals surface area contributed by atoms with Crippen molar-refractivity contribution in [3.8, 4) is 22.8 Å². The number of H-pyrrole nitrogens is 1. The van der Waals surface area contributed by atoms with Gasteiger partial charge in [0.05, 0.1) is 41.8 Å². The lowest BCUT2D eigenvalue weighted by Gasteiger charge is -2.27. The molecule has 0 atom stereocenters. The molecule has 1 amide bonds. The Labute approximate surface area is 173 Å². The van der Waals surface area contributed by atoms with Gasteiger partial charge < -0.3 is 14.6 Å². The van der Waals surface area contributed by atoms with E-state index in [0.717, 1.165) is 22.3 Å². The van der Waals surface area contributed by atoms with Crippen molar-refractivity contribution in [3.05, 3.63) is 66.0 Å². The number of nitrogens with zero attached hydrogens (tertiary/aromatic N) is 4. The van der Waals surface area contributed by atoms with Crippen LogP contribution in [0.4, 0.5) is 0 Å². The zero-order chi connectivity index (χ0) is 20.5. The molecule has 1 N–H and O–H groups in total.